The van der Waals surface area contributed by atoms with Gasteiger partial charge in [-0.05, 0) is 57.8 Å². The van der Waals surface area contributed by atoms with E-state index in [2.05, 4.69) is 27.0 Å². The Labute approximate surface area is 414 Å². The minimum atomic E-state index is -0.879. The van der Waals surface area contributed by atoms with Crippen molar-refractivity contribution in [2.45, 2.75) is 91.2 Å². The third-order valence-corrected chi connectivity index (χ3v) is 10.9. The number of carboxylic acid groups (broad SMARTS) is 1. The Balaban J connectivity index is 0.999. The summed E-state index contributed by atoms with van der Waals surface area (Å²) < 4.78 is 73.9. The third kappa shape index (κ3) is 29.8. The fourth-order valence-electron chi connectivity index (χ4n) is 7.18. The molecule has 0 unspecified atom stereocenters. The van der Waals surface area contributed by atoms with Gasteiger partial charge < -0.3 is 82.3 Å². The standard InChI is InChI=1S/C48H86N6O16/c1-4-5-6-42-51-45-46(48(70-39(2)3)53-52-47(45)49)54(42)38-41-9-7-40(8-10-41)37-50-43(55)11-13-58-15-17-60-19-21-62-23-25-64-27-29-66-31-33-68-35-36-69-34-32-67-30-28-65-26-24-63-22-20-61-18-16-59-14-12-44(56)57/h39-41H,4-38H2,1-3H3,(H2,49,52)(H,50,55)(H,56,57)/t40-,41-. The van der Waals surface area contributed by atoms with Gasteiger partial charge >= 0.3 is 5.97 Å². The van der Waals surface area contributed by atoms with E-state index in [1.807, 2.05) is 13.8 Å². The Bertz CT molecular complexity index is 1600. The number of aryl methyl sites for hydroxylation is 1. The van der Waals surface area contributed by atoms with Crippen LogP contribution < -0.4 is 15.8 Å². The van der Waals surface area contributed by atoms with Gasteiger partial charge in [0.2, 0.25) is 5.91 Å². The topological polar surface area (TPSA) is 256 Å². The van der Waals surface area contributed by atoms with E-state index in [1.54, 1.807) is 0 Å². The molecule has 1 fully saturated rings. The number of unbranched alkanes of at least 4 members (excludes halogenated alkanes) is 1. The average Bonchev–Trinajstić information content (AvgIpc) is 3.71. The lowest BCUT2D eigenvalue weighted by molar-refractivity contribution is -0.138. The van der Waals surface area contributed by atoms with E-state index in [0.717, 1.165) is 62.8 Å². The monoisotopic (exact) mass is 1000 g/mol. The summed E-state index contributed by atoms with van der Waals surface area (Å²) in [5.41, 5.74) is 7.74. The van der Waals surface area contributed by atoms with Crippen molar-refractivity contribution in [2.75, 3.05) is 171 Å². The first kappa shape index (κ1) is 60.9. The quantitative estimate of drug-likeness (QED) is 0.0802. The predicted molar refractivity (Wildman–Crippen MR) is 259 cm³/mol. The van der Waals surface area contributed by atoms with Crippen molar-refractivity contribution < 1.29 is 76.3 Å². The molecule has 22 nitrogen and oxygen atoms in total. The van der Waals surface area contributed by atoms with E-state index in [9.17, 15) is 9.59 Å². The van der Waals surface area contributed by atoms with Crippen LogP contribution in [0, 0.1) is 11.8 Å². The Kier molecular flexibility index (Phi) is 35.8. The van der Waals surface area contributed by atoms with Gasteiger partial charge in [0.15, 0.2) is 5.82 Å². The number of carboxylic acids is 1. The van der Waals surface area contributed by atoms with Crippen LogP contribution in [0.4, 0.5) is 5.82 Å². The number of aliphatic carboxylic acids is 1. The van der Waals surface area contributed by atoms with Gasteiger partial charge in [-0.25, -0.2) is 4.98 Å². The van der Waals surface area contributed by atoms with E-state index in [-0.39, 0.29) is 25.0 Å². The van der Waals surface area contributed by atoms with Crippen LogP contribution in [0.2, 0.25) is 0 Å². The molecule has 1 aliphatic carbocycles. The molecule has 0 atom stereocenters. The second-order valence-electron chi connectivity index (χ2n) is 16.9. The van der Waals surface area contributed by atoms with E-state index in [4.69, 9.17) is 77.4 Å². The number of anilines is 1. The minimum absolute atomic E-state index is 0.00918. The molecule has 0 bridgehead atoms. The van der Waals surface area contributed by atoms with Gasteiger partial charge in [0.05, 0.1) is 171 Å². The normalized spacial score (nSPS) is 15.1. The molecular weight excluding hydrogens is 917 g/mol. The number of ether oxygens (including phenoxy) is 13. The maximum atomic E-state index is 12.5. The molecule has 70 heavy (non-hydrogen) atoms. The van der Waals surface area contributed by atoms with Crippen LogP contribution in [0.5, 0.6) is 5.88 Å². The molecule has 2 aromatic heterocycles. The molecule has 22 heteroatoms. The van der Waals surface area contributed by atoms with Crippen LogP contribution in [0.3, 0.4) is 0 Å². The first-order chi connectivity index (χ1) is 34.3. The van der Waals surface area contributed by atoms with Crippen molar-refractivity contribution >= 4 is 28.7 Å². The molecule has 0 spiro atoms. The molecule has 3 rings (SSSR count). The van der Waals surface area contributed by atoms with E-state index in [0.29, 0.717) is 194 Å². The zero-order chi connectivity index (χ0) is 50.1. The number of amides is 1. The SMILES string of the molecule is CCCCc1nc2c(N)nnc(OC(C)C)c2n1C[C@H]1CC[C@H](CNC(=O)CCOCCOCCOCCOCCOCCOCCOCCOCCOCCOCCOCCOCCC(=O)O)CC1. The van der Waals surface area contributed by atoms with Crippen LogP contribution in [0.25, 0.3) is 11.0 Å². The second-order valence-corrected chi connectivity index (χ2v) is 16.9. The van der Waals surface area contributed by atoms with Crippen molar-refractivity contribution in [3.63, 3.8) is 0 Å². The Morgan fingerprint density at radius 3 is 1.37 bits per heavy atom. The summed E-state index contributed by atoms with van der Waals surface area (Å²) in [5, 5.41) is 20.0. The Hall–Kier alpha value is -3.39. The smallest absolute Gasteiger partial charge is 0.305 e. The number of nitrogens with two attached hydrogens (primary N) is 1. The zero-order valence-corrected chi connectivity index (χ0v) is 42.4. The molecule has 2 aromatic rings. The lowest BCUT2D eigenvalue weighted by Gasteiger charge is -2.29. The third-order valence-electron chi connectivity index (χ3n) is 10.9. The van der Waals surface area contributed by atoms with Crippen molar-refractivity contribution in [3.8, 4) is 5.88 Å². The highest BCUT2D eigenvalue weighted by atomic mass is 16.6. The molecule has 0 radical (unpaired) electrons. The molecular formula is C48H86N6O16. The molecule has 0 saturated heterocycles. The molecule has 1 aliphatic rings. The summed E-state index contributed by atoms with van der Waals surface area (Å²) in [6, 6.07) is 0. The number of carbonyl (C=O) groups is 2. The number of nitrogens with one attached hydrogen (secondary N) is 1. The number of imidazole rings is 1. The summed E-state index contributed by atoms with van der Waals surface area (Å²) >= 11 is 0. The molecule has 1 saturated carbocycles. The first-order valence-electron chi connectivity index (χ1n) is 25.4. The van der Waals surface area contributed by atoms with Crippen molar-refractivity contribution in [1.82, 2.24) is 25.1 Å². The number of fused-ring (bicyclic) bond motifs is 1. The van der Waals surface area contributed by atoms with Gasteiger partial charge in [0.25, 0.3) is 5.88 Å². The number of aromatic nitrogens is 4. The summed E-state index contributed by atoms with van der Waals surface area (Å²) in [4.78, 5) is 27.8. The first-order valence-corrected chi connectivity index (χ1v) is 25.4. The molecule has 0 aliphatic heterocycles. The van der Waals surface area contributed by atoms with E-state index in [1.165, 1.54) is 0 Å². The Morgan fingerprint density at radius 2 is 0.986 bits per heavy atom. The number of rotatable bonds is 48. The molecule has 4 N–H and O–H groups in total. The van der Waals surface area contributed by atoms with Crippen molar-refractivity contribution in [2.24, 2.45) is 11.8 Å². The highest BCUT2D eigenvalue weighted by Crippen LogP contribution is 2.34. The zero-order valence-electron chi connectivity index (χ0n) is 42.4. The fourth-order valence-corrected chi connectivity index (χ4v) is 7.18. The van der Waals surface area contributed by atoms with Crippen LogP contribution in [0.15, 0.2) is 0 Å². The summed E-state index contributed by atoms with van der Waals surface area (Å²) in [6.45, 7) is 18.2. The van der Waals surface area contributed by atoms with Crippen molar-refractivity contribution in [1.29, 1.82) is 0 Å². The number of hydrogen-bond acceptors (Lipinski definition) is 19. The van der Waals surface area contributed by atoms with Gasteiger partial charge in [0.1, 0.15) is 16.9 Å². The molecule has 2 heterocycles. The van der Waals surface area contributed by atoms with Crippen LogP contribution in [-0.4, -0.2) is 208 Å². The lowest BCUT2D eigenvalue weighted by atomic mass is 9.82. The number of nitrogen functional groups attached to an aromatic ring is 1. The highest BCUT2D eigenvalue weighted by molar-refractivity contribution is 5.88. The summed E-state index contributed by atoms with van der Waals surface area (Å²) in [6.07, 6.45) is 7.53. The van der Waals surface area contributed by atoms with Gasteiger partial charge in [-0.15, -0.1) is 10.2 Å². The van der Waals surface area contributed by atoms with E-state index < -0.39 is 5.97 Å². The van der Waals surface area contributed by atoms with Crippen molar-refractivity contribution in [3.05, 3.63) is 5.82 Å². The van der Waals surface area contributed by atoms with Crippen LogP contribution in [-0.2, 0) is 79.4 Å². The number of nitrogens with zero attached hydrogens (tertiary/aromatic N) is 4. The van der Waals surface area contributed by atoms with Gasteiger partial charge in [-0.3, -0.25) is 9.59 Å². The molecule has 1 amide bonds. The lowest BCUT2D eigenvalue weighted by Crippen LogP contribution is -2.32. The second kappa shape index (κ2) is 41.1. The largest absolute Gasteiger partial charge is 0.481 e. The van der Waals surface area contributed by atoms with Gasteiger partial charge in [0, 0.05) is 25.9 Å². The summed E-state index contributed by atoms with van der Waals surface area (Å²) in [5.74, 6) is 1.91. The van der Waals surface area contributed by atoms with Gasteiger partial charge in [-0.1, -0.05) is 13.3 Å². The van der Waals surface area contributed by atoms with E-state index >= 15 is 0 Å². The minimum Gasteiger partial charge on any atom is -0.481 e. The van der Waals surface area contributed by atoms with Gasteiger partial charge in [-0.2, -0.15) is 0 Å². The van der Waals surface area contributed by atoms with Crippen LogP contribution in [0.1, 0.15) is 78.0 Å². The number of carbonyl (C=O) groups excluding carboxylic acids is 1. The molecule has 404 valence electrons. The Morgan fingerprint density at radius 1 is 0.600 bits per heavy atom. The highest BCUT2D eigenvalue weighted by Gasteiger charge is 2.26. The number of hydrogen-bond donors (Lipinski definition) is 3. The molecule has 0 aromatic carbocycles. The predicted octanol–water partition coefficient (Wildman–Crippen LogP) is 3.52. The van der Waals surface area contributed by atoms with Crippen LogP contribution >= 0.6 is 0 Å². The maximum absolute atomic E-state index is 12.5. The average molecular weight is 1000 g/mol. The maximum Gasteiger partial charge on any atom is 0.305 e. The fraction of sp³-hybridized carbons (Fsp3) is 0.854. The summed E-state index contributed by atoms with van der Waals surface area (Å²) in [7, 11) is 0.